The van der Waals surface area contributed by atoms with Crippen molar-refractivity contribution in [3.8, 4) is 0 Å². The van der Waals surface area contributed by atoms with Gasteiger partial charge in [0, 0.05) is 12.0 Å². The molecule has 1 heterocycles. The number of hydrogen-bond acceptors (Lipinski definition) is 4. The van der Waals surface area contributed by atoms with Gasteiger partial charge in [-0.2, -0.15) is 0 Å². The highest BCUT2D eigenvalue weighted by Crippen LogP contribution is 2.16. The fourth-order valence-electron chi connectivity index (χ4n) is 4.69. The van der Waals surface area contributed by atoms with E-state index in [2.05, 4.69) is 26.2 Å². The van der Waals surface area contributed by atoms with Gasteiger partial charge in [0.05, 0.1) is 26.7 Å². The van der Waals surface area contributed by atoms with Crippen LogP contribution in [0, 0.1) is 0 Å². The summed E-state index contributed by atoms with van der Waals surface area (Å²) in [4.78, 5) is 52.1. The summed E-state index contributed by atoms with van der Waals surface area (Å²) in [6.07, 6.45) is 9.64. The lowest BCUT2D eigenvalue weighted by atomic mass is 10.0. The molecule has 1 saturated heterocycles. The molecule has 1 N–H and O–H groups in total. The number of rotatable bonds is 16. The van der Waals surface area contributed by atoms with Crippen molar-refractivity contribution in [1.82, 2.24) is 10.2 Å². The highest BCUT2D eigenvalue weighted by molar-refractivity contribution is 6.07. The number of amides is 3. The van der Waals surface area contributed by atoms with E-state index in [9.17, 15) is 19.2 Å². The number of carbonyl (C=O) groups excluding carboxylic acids is 4. The smallest absolute Gasteiger partial charge is 0.275 e. The molecule has 0 aromatic heterocycles. The molecule has 0 saturated carbocycles. The Morgan fingerprint density at radius 1 is 0.943 bits per heavy atom. The lowest BCUT2D eigenvalue weighted by Gasteiger charge is -2.35. The fraction of sp³-hybridized carbons (Fsp3) is 0.643. The first kappa shape index (κ1) is 28.7. The fourth-order valence-corrected chi connectivity index (χ4v) is 4.69. The van der Waals surface area contributed by atoms with Crippen molar-refractivity contribution in [2.75, 3.05) is 33.2 Å². The summed E-state index contributed by atoms with van der Waals surface area (Å²) in [7, 11) is 2.13. The normalized spacial score (nSPS) is 16.4. The van der Waals surface area contributed by atoms with Crippen molar-refractivity contribution >= 4 is 23.5 Å². The highest BCUT2D eigenvalue weighted by atomic mass is 16.2. The summed E-state index contributed by atoms with van der Waals surface area (Å²) in [5.74, 6) is -1.31. The Balaban J connectivity index is 1.97. The third kappa shape index (κ3) is 9.55. The molecular formula is C28H44N3O4+. The number of nitrogens with one attached hydrogen (secondary N) is 1. The Bertz CT molecular complexity index is 828. The number of Topliss-reactive ketones (excluding diaryl/α,β-unsaturated/α-hetero) is 1. The molecule has 1 unspecified atom stereocenters. The zero-order chi connectivity index (χ0) is 25.7. The summed E-state index contributed by atoms with van der Waals surface area (Å²) in [5.41, 5.74) is 0.457. The number of benzene rings is 1. The van der Waals surface area contributed by atoms with Crippen LogP contribution in [-0.2, 0) is 14.4 Å². The molecule has 0 aliphatic carbocycles. The van der Waals surface area contributed by atoms with Gasteiger partial charge in [-0.05, 0) is 32.1 Å². The van der Waals surface area contributed by atoms with Crippen LogP contribution in [0.5, 0.6) is 0 Å². The largest absolute Gasteiger partial charge is 0.339 e. The van der Waals surface area contributed by atoms with Gasteiger partial charge >= 0.3 is 0 Å². The number of ketones is 1. The van der Waals surface area contributed by atoms with Crippen LogP contribution in [0.3, 0.4) is 0 Å². The number of likely N-dealkylation sites (tertiary alicyclic amines) is 1. The molecule has 35 heavy (non-hydrogen) atoms. The predicted octanol–water partition coefficient (Wildman–Crippen LogP) is 4.11. The third-order valence-corrected chi connectivity index (χ3v) is 6.87. The van der Waals surface area contributed by atoms with Crippen LogP contribution in [0.25, 0.3) is 0 Å². The van der Waals surface area contributed by atoms with Crippen LogP contribution in [0.1, 0.15) is 88.4 Å². The first-order valence-electron chi connectivity index (χ1n) is 13.3. The summed E-state index contributed by atoms with van der Waals surface area (Å²) >= 11 is 0. The number of likely N-dealkylation sites (N-methyl/N-ethyl adjacent to an activating group) is 1. The van der Waals surface area contributed by atoms with E-state index >= 15 is 0 Å². The summed E-state index contributed by atoms with van der Waals surface area (Å²) in [6.45, 7) is 6.28. The van der Waals surface area contributed by atoms with Gasteiger partial charge in [-0.25, -0.2) is 0 Å². The molecule has 1 aromatic carbocycles. The zero-order valence-electron chi connectivity index (χ0n) is 21.9. The zero-order valence-corrected chi connectivity index (χ0v) is 21.9. The number of imide groups is 1. The van der Waals surface area contributed by atoms with E-state index in [0.717, 1.165) is 43.7 Å². The maximum absolute atomic E-state index is 13.0. The molecule has 0 bridgehead atoms. The summed E-state index contributed by atoms with van der Waals surface area (Å²) in [6, 6.07) is 7.86. The Morgan fingerprint density at radius 3 is 2.11 bits per heavy atom. The maximum Gasteiger partial charge on any atom is 0.275 e. The lowest BCUT2D eigenvalue weighted by Crippen LogP contribution is -2.58. The maximum atomic E-state index is 13.0. The minimum atomic E-state index is -0.766. The van der Waals surface area contributed by atoms with E-state index in [4.69, 9.17) is 0 Å². The SMILES string of the molecule is CCCCCC[N+](C)(CCCCCC)CC(=O)NC1CCC(=O)N(CC(=O)c2ccccc2)C1=O. The van der Waals surface area contributed by atoms with Crippen LogP contribution in [0.15, 0.2) is 30.3 Å². The quantitative estimate of drug-likeness (QED) is 0.165. The molecule has 194 valence electrons. The molecule has 1 aliphatic heterocycles. The minimum Gasteiger partial charge on any atom is -0.339 e. The number of unbranched alkanes of at least 4 members (excludes halogenated alkanes) is 6. The lowest BCUT2D eigenvalue weighted by molar-refractivity contribution is -0.902. The Labute approximate surface area is 210 Å². The van der Waals surface area contributed by atoms with Crippen molar-refractivity contribution in [3.63, 3.8) is 0 Å². The van der Waals surface area contributed by atoms with Crippen molar-refractivity contribution in [2.45, 2.75) is 84.1 Å². The first-order valence-corrected chi connectivity index (χ1v) is 13.3. The second-order valence-electron chi connectivity index (χ2n) is 10.1. The predicted molar refractivity (Wildman–Crippen MR) is 138 cm³/mol. The van der Waals surface area contributed by atoms with E-state index in [1.165, 1.54) is 25.7 Å². The van der Waals surface area contributed by atoms with Gasteiger partial charge in [-0.3, -0.25) is 24.1 Å². The first-order chi connectivity index (χ1) is 16.8. The highest BCUT2D eigenvalue weighted by Gasteiger charge is 2.37. The molecular weight excluding hydrogens is 442 g/mol. The van der Waals surface area contributed by atoms with Gasteiger partial charge in [0.1, 0.15) is 6.04 Å². The Hall–Kier alpha value is -2.54. The number of quaternary nitrogens is 1. The molecule has 0 spiro atoms. The molecule has 3 amide bonds. The summed E-state index contributed by atoms with van der Waals surface area (Å²) in [5, 5.41) is 2.88. The van der Waals surface area contributed by atoms with Gasteiger partial charge in [-0.1, -0.05) is 69.9 Å². The molecule has 1 atom stereocenters. The average Bonchev–Trinajstić information content (AvgIpc) is 2.84. The average molecular weight is 487 g/mol. The van der Waals surface area contributed by atoms with Crippen LogP contribution in [0.2, 0.25) is 0 Å². The molecule has 7 heteroatoms. The number of carbonyl (C=O) groups is 4. The third-order valence-electron chi connectivity index (χ3n) is 6.87. The topological polar surface area (TPSA) is 83.6 Å². The van der Waals surface area contributed by atoms with E-state index in [1.54, 1.807) is 30.3 Å². The van der Waals surface area contributed by atoms with Gasteiger partial charge in [0.2, 0.25) is 5.91 Å². The van der Waals surface area contributed by atoms with Crippen LogP contribution >= 0.6 is 0 Å². The molecule has 1 fully saturated rings. The van der Waals surface area contributed by atoms with Gasteiger partial charge < -0.3 is 9.80 Å². The van der Waals surface area contributed by atoms with Crippen molar-refractivity contribution in [3.05, 3.63) is 35.9 Å². The molecule has 0 radical (unpaired) electrons. The van der Waals surface area contributed by atoms with Crippen LogP contribution in [-0.4, -0.2) is 72.2 Å². The van der Waals surface area contributed by atoms with E-state index in [1.807, 2.05) is 0 Å². The van der Waals surface area contributed by atoms with Crippen molar-refractivity contribution < 1.29 is 23.7 Å². The molecule has 7 nitrogen and oxygen atoms in total. The van der Waals surface area contributed by atoms with Crippen LogP contribution < -0.4 is 5.32 Å². The van der Waals surface area contributed by atoms with E-state index in [0.29, 0.717) is 16.6 Å². The van der Waals surface area contributed by atoms with Gasteiger partial charge in [-0.15, -0.1) is 0 Å². The van der Waals surface area contributed by atoms with Gasteiger partial charge in [0.25, 0.3) is 11.8 Å². The second kappa shape index (κ2) is 14.8. The Morgan fingerprint density at radius 2 is 1.54 bits per heavy atom. The van der Waals surface area contributed by atoms with Crippen LogP contribution in [0.4, 0.5) is 0 Å². The van der Waals surface area contributed by atoms with Crippen molar-refractivity contribution in [1.29, 1.82) is 0 Å². The summed E-state index contributed by atoms with van der Waals surface area (Å²) < 4.78 is 0.662. The standard InChI is InChI=1S/C28H43N3O4/c1-4-6-8-13-19-31(3,20-14-9-7-5-2)22-26(33)29-24-17-18-27(34)30(28(24)35)21-25(32)23-15-11-10-12-16-23/h10-12,15-16,24H,4-9,13-14,17-22H2,1-3H3/p+1. The number of piperidine rings is 1. The molecule has 2 rings (SSSR count). The van der Waals surface area contributed by atoms with E-state index < -0.39 is 11.9 Å². The minimum absolute atomic E-state index is 0.138. The van der Waals surface area contributed by atoms with E-state index in [-0.39, 0.29) is 37.0 Å². The Kier molecular flexibility index (Phi) is 12.1. The number of hydrogen-bond donors (Lipinski definition) is 1. The number of nitrogens with zero attached hydrogens (tertiary/aromatic N) is 2. The van der Waals surface area contributed by atoms with Crippen molar-refractivity contribution in [2.24, 2.45) is 0 Å². The molecule has 1 aliphatic rings. The van der Waals surface area contributed by atoms with Gasteiger partial charge in [0.15, 0.2) is 12.3 Å². The monoisotopic (exact) mass is 486 g/mol. The molecule has 1 aromatic rings. The second-order valence-corrected chi connectivity index (χ2v) is 10.1.